The first-order valence-electron chi connectivity index (χ1n) is 22.1. The van der Waals surface area contributed by atoms with Crippen molar-refractivity contribution >= 4 is 40.5 Å². The van der Waals surface area contributed by atoms with Gasteiger partial charge in [0.25, 0.3) is 0 Å². The number of nitriles is 4. The molecule has 0 unspecified atom stereocenters. The molecule has 0 aliphatic carbocycles. The Morgan fingerprint density at radius 1 is 0.271 bits per heavy atom. The van der Waals surface area contributed by atoms with Gasteiger partial charge in [-0.05, 0) is 83.1 Å². The second-order valence-corrected chi connectivity index (χ2v) is 20.0. The van der Waals surface area contributed by atoms with E-state index >= 15 is 0 Å². The van der Waals surface area contributed by atoms with E-state index in [4.69, 9.17) is 108 Å². The second-order valence-electron chi connectivity index (χ2n) is 14.5. The Morgan fingerprint density at radius 2 is 0.312 bits per heavy atom. The van der Waals surface area contributed by atoms with Crippen molar-refractivity contribution in [2.45, 2.75) is 133 Å². The molecule has 0 aromatic carbocycles. The van der Waals surface area contributed by atoms with Gasteiger partial charge in [0.2, 0.25) is 0 Å². The third-order valence-electron chi connectivity index (χ3n) is 7.35. The molecule has 60 heteroatoms. The Balaban J connectivity index is -0.0000000798. The first kappa shape index (κ1) is 117. The fourth-order valence-corrected chi connectivity index (χ4v) is 2.85. The number of nitrogens with zero attached hydrogens (tertiary/aromatic N) is 22. The van der Waals surface area contributed by atoms with Crippen LogP contribution in [-0.2, 0) is 130 Å². The number of nitrogen functional groups attached to an aromatic ring is 6. The third-order valence-corrected chi connectivity index (χ3v) is 9.62. The maximum Gasteiger partial charge on any atom is 1.00 e. The van der Waals surface area contributed by atoms with Crippen molar-refractivity contribution in [2.75, 3.05) is 35.1 Å². The molecule has 0 aliphatic heterocycles. The molecule has 0 saturated carbocycles. The van der Waals surface area contributed by atoms with E-state index in [1.165, 1.54) is 55.8 Å². The Morgan fingerprint density at radius 3 is 0.323 bits per heavy atom. The van der Waals surface area contributed by atoms with Gasteiger partial charge in [-0.3, -0.25) is 0 Å². The number of aryl methyl sites for hydroxylation is 12. The molecular weight excluding hydrogens is 1800 g/mol. The van der Waals surface area contributed by atoms with Crippen LogP contribution in [0.2, 0.25) is 0 Å². The minimum atomic E-state index is -6.09. The van der Waals surface area contributed by atoms with Crippen LogP contribution < -0.4 is 35.1 Å². The third kappa shape index (κ3) is 56.5. The summed E-state index contributed by atoms with van der Waals surface area (Å²) in [6.07, 6.45) is 0. The minimum absolute atomic E-state index is 0. The van der Waals surface area contributed by atoms with Gasteiger partial charge in [-0.15, -0.1) is 61.2 Å². The molecule has 12 N–H and O–H groups in total. The van der Waals surface area contributed by atoms with E-state index in [0.717, 1.165) is 69.9 Å². The summed E-state index contributed by atoms with van der Waals surface area (Å²) in [6.45, 7) is 27.4. The molecule has 0 fully saturated rings. The molecule has 0 atom stereocenters. The van der Waals surface area contributed by atoms with Crippen molar-refractivity contribution < 1.29 is 194 Å². The molecule has 0 radical (unpaired) electrons. The average Bonchev–Trinajstić information content (AvgIpc) is 2.20. The van der Waals surface area contributed by atoms with Crippen molar-refractivity contribution in [3.63, 3.8) is 0 Å². The number of nitrogens with two attached hydrogens (primary N) is 6. The monoisotopic (exact) mass is 1860 g/mol. The summed E-state index contributed by atoms with van der Waals surface area (Å²) in [5.41, 5.74) is -22.6. The second kappa shape index (κ2) is 54.4. The van der Waals surface area contributed by atoms with E-state index in [1.807, 2.05) is 0 Å². The maximum absolute atomic E-state index is 10.7. The maximum atomic E-state index is 10.7. The number of hydrogen-bond donors (Lipinski definition) is 6. The van der Waals surface area contributed by atoms with E-state index in [9.17, 15) is 52.7 Å². The standard InChI is InChI=1S/6C4H8N4.4C2H3N.4CHF3O3S.4Ag/c6*1-3-6-7-4(2)8(3)5;4*1-2-3;4*2-1(3,4)8(5,6)7;;;;/h6*5H2,1-2H3;4*1H3;4*(H,5,6,7);;;;/q;;;;;;;;;;;;;;4*+1/p-4. The van der Waals surface area contributed by atoms with Crippen molar-refractivity contribution in [3.05, 3.63) is 69.9 Å². The van der Waals surface area contributed by atoms with Crippen molar-refractivity contribution in [3.8, 4) is 24.3 Å². The molecule has 6 rings (SSSR count). The quantitative estimate of drug-likeness (QED) is 0.0382. The van der Waals surface area contributed by atoms with Crippen LogP contribution in [0.5, 0.6) is 0 Å². The predicted molar refractivity (Wildman–Crippen MR) is 286 cm³/mol. The van der Waals surface area contributed by atoms with Gasteiger partial charge in [0.1, 0.15) is 69.9 Å². The molecule has 0 saturated heterocycles. The van der Waals surface area contributed by atoms with E-state index in [2.05, 4.69) is 61.2 Å². The van der Waals surface area contributed by atoms with E-state index in [0.29, 0.717) is 0 Å². The normalized spacial score (nSPS) is 9.88. The summed E-state index contributed by atoms with van der Waals surface area (Å²) in [4.78, 5) is 0. The largest absolute Gasteiger partial charge is 1.00 e. The number of halogens is 12. The van der Waals surface area contributed by atoms with Crippen LogP contribution in [0.3, 0.4) is 0 Å². The molecule has 96 heavy (non-hydrogen) atoms. The van der Waals surface area contributed by atoms with Crippen LogP contribution in [-0.4, -0.2) is 163 Å². The van der Waals surface area contributed by atoms with E-state index < -0.39 is 62.5 Å². The van der Waals surface area contributed by atoms with Gasteiger partial charge in [-0.1, -0.05) is 0 Å². The molecular formula is C36H60Ag4F12N28O12S4. The predicted octanol–water partition coefficient (Wildman–Crippen LogP) is -0.0324. The summed E-state index contributed by atoms with van der Waals surface area (Å²) in [7, 11) is -24.4. The van der Waals surface area contributed by atoms with Crippen LogP contribution in [0.25, 0.3) is 0 Å². The fourth-order valence-electron chi connectivity index (χ4n) is 2.85. The summed E-state index contributed by atoms with van der Waals surface area (Å²) < 4.78 is 244. The number of hydrogen-bond acceptors (Lipinski definition) is 34. The van der Waals surface area contributed by atoms with Crippen LogP contribution in [0.1, 0.15) is 97.6 Å². The summed E-state index contributed by atoms with van der Waals surface area (Å²) in [6, 6.07) is 7.00. The Bertz CT molecular complexity index is 3070. The molecule has 0 spiro atoms. The van der Waals surface area contributed by atoms with Crippen molar-refractivity contribution in [1.29, 1.82) is 21.0 Å². The Hall–Kier alpha value is -6.64. The SMILES string of the molecule is CC#N.CC#N.CC#N.CC#N.Cc1nnc(C)n1N.Cc1nnc(C)n1N.Cc1nnc(C)n1N.Cc1nnc(C)n1N.Cc1nnc(C)n1N.Cc1nnc(C)n1N.O=S(=O)([O-])C(F)(F)F.O=S(=O)([O-])C(F)(F)F.O=S(=O)([O-])C(F)(F)F.O=S(=O)([O-])C(F)(F)F.[Ag+].[Ag+].[Ag+].[Ag+]. The molecule has 568 valence electrons. The van der Waals surface area contributed by atoms with Gasteiger partial charge >= 0.3 is 112 Å². The Kier molecular flexibility index (Phi) is 66.0. The van der Waals surface area contributed by atoms with Gasteiger partial charge in [-0.25, -0.2) is 61.7 Å². The molecule has 0 bridgehead atoms. The molecule has 6 aromatic heterocycles. The summed E-state index contributed by atoms with van der Waals surface area (Å²) >= 11 is 0. The molecule has 0 aliphatic rings. The smallest absolute Gasteiger partial charge is 0.741 e. The van der Waals surface area contributed by atoms with Gasteiger partial charge in [0.05, 0.1) is 24.3 Å². The Labute approximate surface area is 602 Å². The zero-order valence-electron chi connectivity index (χ0n) is 51.6. The van der Waals surface area contributed by atoms with Gasteiger partial charge in [0.15, 0.2) is 40.5 Å². The number of rotatable bonds is 0. The summed E-state index contributed by atoms with van der Waals surface area (Å²) in [5.74, 6) is 41.2. The van der Waals surface area contributed by atoms with Gasteiger partial charge < -0.3 is 53.3 Å². The first-order chi connectivity index (χ1) is 40.9. The van der Waals surface area contributed by atoms with Gasteiger partial charge in [0, 0.05) is 27.7 Å². The fraction of sp³-hybridized carbons (Fsp3) is 0.556. The molecule has 6 aromatic rings. The number of alkyl halides is 12. The molecule has 40 nitrogen and oxygen atoms in total. The summed E-state index contributed by atoms with van der Waals surface area (Å²) in [5, 5.41) is 73.7. The van der Waals surface area contributed by atoms with Crippen LogP contribution in [0.4, 0.5) is 52.7 Å². The van der Waals surface area contributed by atoms with Crippen molar-refractivity contribution in [1.82, 2.24) is 89.2 Å². The van der Waals surface area contributed by atoms with Crippen molar-refractivity contribution in [2.24, 2.45) is 0 Å². The minimum Gasteiger partial charge on any atom is -0.741 e. The zero-order valence-corrected chi connectivity index (χ0v) is 60.8. The van der Waals surface area contributed by atoms with E-state index in [1.54, 1.807) is 107 Å². The van der Waals surface area contributed by atoms with E-state index in [-0.39, 0.29) is 89.5 Å². The van der Waals surface area contributed by atoms with Gasteiger partial charge in [-0.2, -0.15) is 73.7 Å². The molecule has 0 amide bonds. The molecule has 6 heterocycles. The first-order valence-corrected chi connectivity index (χ1v) is 27.7. The van der Waals surface area contributed by atoms with Crippen LogP contribution in [0.15, 0.2) is 0 Å². The van der Waals surface area contributed by atoms with Crippen LogP contribution >= 0.6 is 0 Å². The van der Waals surface area contributed by atoms with Crippen LogP contribution in [0, 0.1) is 128 Å². The topological polar surface area (TPSA) is 664 Å². The average molecular weight is 1860 g/mol. The number of aromatic nitrogens is 18. The zero-order chi connectivity index (χ0) is 75.7.